The van der Waals surface area contributed by atoms with Gasteiger partial charge in [-0.3, -0.25) is 29.2 Å². The van der Waals surface area contributed by atoms with Crippen molar-refractivity contribution in [3.8, 4) is 34.4 Å². The molecule has 0 unspecified atom stereocenters. The first-order valence-electron chi connectivity index (χ1n) is 17.4. The minimum atomic E-state index is -0.786. The third kappa shape index (κ3) is 5.59. The quantitative estimate of drug-likeness (QED) is 0.277. The number of ether oxygens (including phenoxy) is 2. The Bertz CT molecular complexity index is 2220. The Balaban J connectivity index is 0.837. The minimum absolute atomic E-state index is 0.0631. The molecule has 1 N–H and O–H groups in total. The number of benzene rings is 1. The molecular weight excluding hydrogens is 648 g/mol. The fourth-order valence-corrected chi connectivity index (χ4v) is 7.71. The van der Waals surface area contributed by atoms with Gasteiger partial charge in [-0.15, -0.1) is 0 Å². The van der Waals surface area contributed by atoms with Crippen LogP contribution in [0.25, 0.3) is 39.4 Å². The topological polar surface area (TPSA) is 147 Å². The summed E-state index contributed by atoms with van der Waals surface area (Å²) in [7, 11) is 1.86. The largest absolute Gasteiger partial charge is 0.447 e. The van der Waals surface area contributed by atoms with Gasteiger partial charge in [0.1, 0.15) is 23.4 Å². The van der Waals surface area contributed by atoms with E-state index in [1.807, 2.05) is 62.2 Å². The summed E-state index contributed by atoms with van der Waals surface area (Å²) in [4.78, 5) is 47.2. The number of aryl methyl sites for hydroxylation is 1. The zero-order valence-electron chi connectivity index (χ0n) is 28.8. The molecule has 1 aromatic carbocycles. The molecule has 1 atom stereocenters. The van der Waals surface area contributed by atoms with E-state index in [-0.39, 0.29) is 11.8 Å². The van der Waals surface area contributed by atoms with Crippen molar-refractivity contribution in [3.63, 3.8) is 0 Å². The van der Waals surface area contributed by atoms with Crippen LogP contribution in [0.2, 0.25) is 0 Å². The van der Waals surface area contributed by atoms with E-state index in [1.54, 1.807) is 15.9 Å². The number of aromatic amines is 1. The smallest absolute Gasteiger partial charge is 0.261 e. The van der Waals surface area contributed by atoms with Crippen LogP contribution in [-0.4, -0.2) is 102 Å². The number of hydrogen-bond acceptors (Lipinski definition) is 10. The highest BCUT2D eigenvalue weighted by molar-refractivity contribution is 6.01. The second-order valence-corrected chi connectivity index (χ2v) is 14.3. The third-order valence-electron chi connectivity index (χ3n) is 10.4. The van der Waals surface area contributed by atoms with Crippen molar-refractivity contribution < 1.29 is 19.1 Å². The van der Waals surface area contributed by atoms with Crippen LogP contribution in [-0.2, 0) is 16.6 Å². The Morgan fingerprint density at radius 3 is 2.57 bits per heavy atom. The molecule has 0 aliphatic carbocycles. The van der Waals surface area contributed by atoms with Crippen LogP contribution >= 0.6 is 0 Å². The molecule has 4 aliphatic heterocycles. The number of likely N-dealkylation sites (tertiary alicyclic amines) is 1. The predicted octanol–water partition coefficient (Wildman–Crippen LogP) is 4.07. The summed E-state index contributed by atoms with van der Waals surface area (Å²) in [6.07, 6.45) is 6.08. The molecule has 2 fully saturated rings. The fourth-order valence-electron chi connectivity index (χ4n) is 7.71. The summed E-state index contributed by atoms with van der Waals surface area (Å²) in [5.74, 6) is 1.66. The lowest BCUT2D eigenvalue weighted by atomic mass is 9.85. The van der Waals surface area contributed by atoms with E-state index in [0.717, 1.165) is 35.9 Å². The molecule has 260 valence electrons. The molecule has 1 spiro atoms. The molecule has 4 aliphatic rings. The molecule has 2 amide bonds. The van der Waals surface area contributed by atoms with Gasteiger partial charge in [-0.2, -0.15) is 10.2 Å². The van der Waals surface area contributed by atoms with Gasteiger partial charge < -0.3 is 14.4 Å². The summed E-state index contributed by atoms with van der Waals surface area (Å²) in [6, 6.07) is 15.7. The van der Waals surface area contributed by atoms with E-state index < -0.39 is 11.2 Å². The molecule has 0 saturated carbocycles. The Labute approximate surface area is 294 Å². The maximum Gasteiger partial charge on any atom is 0.261 e. The van der Waals surface area contributed by atoms with Gasteiger partial charge in [0.15, 0.2) is 11.6 Å². The highest BCUT2D eigenvalue weighted by Crippen LogP contribution is 2.43. The second kappa shape index (κ2) is 11.7. The molecule has 4 aromatic heterocycles. The van der Waals surface area contributed by atoms with Crippen LogP contribution in [0.4, 0.5) is 5.82 Å². The summed E-state index contributed by atoms with van der Waals surface area (Å²) in [5, 5.41) is 11.9. The average molecular weight is 687 g/mol. The molecule has 2 saturated heterocycles. The number of hydrogen-bond donors (Lipinski definition) is 1. The zero-order chi connectivity index (χ0) is 34.9. The molecule has 5 aromatic rings. The maximum atomic E-state index is 14.0. The SMILES string of the molecule is Cn1cnc(-c2ccc(C3=CCN(C(=O)CN4CC[C@]5(CCN(c6ccc7[nH]nc(-c8ccc9c(n8)OC(C)(C)O9)c7n6)C5=O)C4)CC3)cc2)n1. The highest BCUT2D eigenvalue weighted by Gasteiger charge is 2.51. The average Bonchev–Trinajstić information content (AvgIpc) is 3.96. The van der Waals surface area contributed by atoms with Crippen LogP contribution < -0.4 is 14.4 Å². The Morgan fingerprint density at radius 2 is 1.78 bits per heavy atom. The van der Waals surface area contributed by atoms with Crippen LogP contribution in [0.3, 0.4) is 0 Å². The van der Waals surface area contributed by atoms with E-state index in [0.29, 0.717) is 79.4 Å². The number of rotatable bonds is 6. The van der Waals surface area contributed by atoms with Crippen LogP contribution in [0.15, 0.2) is 60.9 Å². The number of aromatic nitrogens is 7. The fraction of sp³-hybridized carbons (Fsp3) is 0.378. The predicted molar refractivity (Wildman–Crippen MR) is 189 cm³/mol. The monoisotopic (exact) mass is 686 g/mol. The van der Waals surface area contributed by atoms with E-state index in [4.69, 9.17) is 14.5 Å². The maximum absolute atomic E-state index is 14.0. The number of carbonyl (C=O) groups excluding carboxylic acids is 2. The Morgan fingerprint density at radius 1 is 0.961 bits per heavy atom. The Kier molecular flexibility index (Phi) is 7.21. The molecule has 51 heavy (non-hydrogen) atoms. The lowest BCUT2D eigenvalue weighted by Crippen LogP contribution is -2.43. The van der Waals surface area contributed by atoms with E-state index >= 15 is 0 Å². The van der Waals surface area contributed by atoms with Crippen molar-refractivity contribution in [2.45, 2.75) is 38.9 Å². The molecular formula is C37H38N10O4. The van der Waals surface area contributed by atoms with Crippen molar-refractivity contribution in [2.75, 3.05) is 44.2 Å². The van der Waals surface area contributed by atoms with Crippen molar-refractivity contribution in [1.29, 1.82) is 0 Å². The van der Waals surface area contributed by atoms with E-state index in [1.165, 1.54) is 5.57 Å². The zero-order valence-corrected chi connectivity index (χ0v) is 28.8. The number of anilines is 1. The van der Waals surface area contributed by atoms with Gasteiger partial charge in [-0.05, 0) is 61.2 Å². The van der Waals surface area contributed by atoms with Crippen molar-refractivity contribution >= 4 is 34.2 Å². The van der Waals surface area contributed by atoms with Crippen molar-refractivity contribution in [2.24, 2.45) is 12.5 Å². The molecule has 0 bridgehead atoms. The van der Waals surface area contributed by atoms with Gasteiger partial charge in [-0.25, -0.2) is 15.0 Å². The van der Waals surface area contributed by atoms with E-state index in [9.17, 15) is 9.59 Å². The number of nitrogens with one attached hydrogen (secondary N) is 1. The Hall–Kier alpha value is -5.63. The summed E-state index contributed by atoms with van der Waals surface area (Å²) in [5.41, 5.74) is 5.39. The first-order valence-corrected chi connectivity index (χ1v) is 17.4. The highest BCUT2D eigenvalue weighted by atomic mass is 16.7. The van der Waals surface area contributed by atoms with Gasteiger partial charge in [0.25, 0.3) is 5.88 Å². The van der Waals surface area contributed by atoms with Crippen LogP contribution in [0.1, 0.15) is 38.7 Å². The van der Waals surface area contributed by atoms with Gasteiger partial charge in [-0.1, -0.05) is 30.3 Å². The van der Waals surface area contributed by atoms with Gasteiger partial charge in [0, 0.05) is 52.6 Å². The van der Waals surface area contributed by atoms with Crippen molar-refractivity contribution in [3.05, 3.63) is 66.5 Å². The normalized spacial score (nSPS) is 21.3. The third-order valence-corrected chi connectivity index (χ3v) is 10.4. The van der Waals surface area contributed by atoms with Gasteiger partial charge >= 0.3 is 0 Å². The lowest BCUT2D eigenvalue weighted by molar-refractivity contribution is -0.132. The van der Waals surface area contributed by atoms with E-state index in [2.05, 4.69) is 48.4 Å². The number of amides is 2. The summed E-state index contributed by atoms with van der Waals surface area (Å²) < 4.78 is 13.3. The lowest BCUT2D eigenvalue weighted by Gasteiger charge is -2.29. The number of fused-ring (bicyclic) bond motifs is 2. The number of H-pyrrole nitrogens is 1. The second-order valence-electron chi connectivity index (χ2n) is 14.3. The number of carbonyl (C=O) groups is 2. The molecule has 0 radical (unpaired) electrons. The first kappa shape index (κ1) is 31.4. The van der Waals surface area contributed by atoms with Gasteiger partial charge in [0.05, 0.1) is 23.2 Å². The number of pyridine rings is 2. The molecule has 9 rings (SSSR count). The standard InChI is InChI=1S/C37H38N10O4/c1-36(2)50-28-10-8-26(39-34(28)51-36)32-31-27(41-42-32)9-11-29(40-31)47-19-15-37(35(47)49)14-18-45(21-37)20-30(48)46-16-12-24(13-17-46)23-4-6-25(7-5-23)33-38-22-44(3)43-33/h4-12,22H,13-21H2,1-3H3,(H,41,42)/t37-/m0/s1. The van der Waals surface area contributed by atoms with Crippen molar-refractivity contribution in [1.82, 2.24) is 44.7 Å². The molecule has 14 nitrogen and oxygen atoms in total. The minimum Gasteiger partial charge on any atom is -0.447 e. The van der Waals surface area contributed by atoms with Crippen LogP contribution in [0.5, 0.6) is 11.6 Å². The summed E-state index contributed by atoms with van der Waals surface area (Å²) in [6.45, 7) is 7.07. The van der Waals surface area contributed by atoms with Gasteiger partial charge in [0.2, 0.25) is 17.6 Å². The number of nitrogens with zero attached hydrogens (tertiary/aromatic N) is 9. The molecule has 14 heteroatoms. The first-order chi connectivity index (χ1) is 24.6. The molecule has 8 heterocycles. The van der Waals surface area contributed by atoms with Crippen LogP contribution in [0, 0.1) is 5.41 Å². The summed E-state index contributed by atoms with van der Waals surface area (Å²) >= 11 is 0.